The van der Waals surface area contributed by atoms with E-state index < -0.39 is 27.2 Å². The molecule has 3 aromatic rings. The summed E-state index contributed by atoms with van der Waals surface area (Å²) in [7, 11) is 0. The number of cyclic esters (lactones) is 1. The lowest BCUT2D eigenvalue weighted by atomic mass is 10.1. The summed E-state index contributed by atoms with van der Waals surface area (Å²) < 4.78 is 10.8. The Labute approximate surface area is 186 Å². The maximum atomic E-state index is 12.2. The summed E-state index contributed by atoms with van der Waals surface area (Å²) in [5.74, 6) is -0.218. The van der Waals surface area contributed by atoms with E-state index in [4.69, 9.17) is 9.47 Å². The molecule has 164 valence electrons. The van der Waals surface area contributed by atoms with E-state index in [0.29, 0.717) is 11.1 Å². The maximum Gasteiger partial charge on any atom is 0.363 e. The summed E-state index contributed by atoms with van der Waals surface area (Å²) in [6, 6.07) is 16.9. The zero-order chi connectivity index (χ0) is 23.5. The van der Waals surface area contributed by atoms with Gasteiger partial charge in [-0.3, -0.25) is 20.2 Å². The van der Waals surface area contributed by atoms with Gasteiger partial charge in [0.25, 0.3) is 5.69 Å². The highest BCUT2D eigenvalue weighted by Gasteiger charge is 2.24. The molecule has 3 aromatic carbocycles. The molecule has 0 spiro atoms. The smallest absolute Gasteiger partial charge is 0.363 e. The molecule has 10 heteroatoms. The van der Waals surface area contributed by atoms with Crippen LogP contribution in [0.15, 0.2) is 77.4 Å². The summed E-state index contributed by atoms with van der Waals surface area (Å²) in [6.07, 6.45) is 1.54. The predicted molar refractivity (Wildman–Crippen MR) is 118 cm³/mol. The van der Waals surface area contributed by atoms with Crippen LogP contribution >= 0.6 is 0 Å². The number of non-ortho nitro benzene ring substituents is 1. The van der Waals surface area contributed by atoms with Crippen LogP contribution in [-0.4, -0.2) is 21.7 Å². The minimum Gasteiger partial charge on any atom is -0.450 e. The van der Waals surface area contributed by atoms with E-state index >= 15 is 0 Å². The molecule has 0 aromatic heterocycles. The van der Waals surface area contributed by atoms with Crippen molar-refractivity contribution in [3.8, 4) is 11.5 Å². The number of esters is 1. The highest BCUT2D eigenvalue weighted by Crippen LogP contribution is 2.34. The Hall–Kier alpha value is -4.86. The van der Waals surface area contributed by atoms with Gasteiger partial charge in [-0.1, -0.05) is 29.8 Å². The molecule has 0 aliphatic carbocycles. The van der Waals surface area contributed by atoms with Gasteiger partial charge in [0, 0.05) is 11.6 Å². The second-order valence-corrected chi connectivity index (χ2v) is 7.04. The molecular formula is C23H15N3O7. The number of rotatable bonds is 6. The van der Waals surface area contributed by atoms with Crippen molar-refractivity contribution in [1.82, 2.24) is 0 Å². The van der Waals surface area contributed by atoms with Crippen LogP contribution in [0.3, 0.4) is 0 Å². The summed E-state index contributed by atoms with van der Waals surface area (Å²) in [4.78, 5) is 37.1. The van der Waals surface area contributed by atoms with Crippen LogP contribution in [0.2, 0.25) is 0 Å². The number of aryl methyl sites for hydroxylation is 1. The van der Waals surface area contributed by atoms with E-state index in [0.717, 1.165) is 17.7 Å². The average molecular weight is 445 g/mol. The lowest BCUT2D eigenvalue weighted by Crippen LogP contribution is -2.05. The van der Waals surface area contributed by atoms with E-state index in [1.807, 2.05) is 25.1 Å². The lowest BCUT2D eigenvalue weighted by molar-refractivity contribution is -0.394. The Bertz CT molecular complexity index is 1340. The number of hydrogen-bond donors (Lipinski definition) is 0. The average Bonchev–Trinajstić information content (AvgIpc) is 3.15. The Kier molecular flexibility index (Phi) is 5.64. The Morgan fingerprint density at radius 2 is 1.73 bits per heavy atom. The van der Waals surface area contributed by atoms with Crippen molar-refractivity contribution >= 4 is 29.3 Å². The molecule has 1 heterocycles. The second-order valence-electron chi connectivity index (χ2n) is 7.04. The third-order valence-corrected chi connectivity index (χ3v) is 4.65. The normalized spacial score (nSPS) is 14.0. The minimum atomic E-state index is -0.753. The van der Waals surface area contributed by atoms with Crippen molar-refractivity contribution in [3.63, 3.8) is 0 Å². The number of aliphatic imine (C=N–C) groups is 1. The van der Waals surface area contributed by atoms with Crippen LogP contribution in [0.1, 0.15) is 16.7 Å². The molecule has 4 rings (SSSR count). The molecule has 0 radical (unpaired) electrons. The van der Waals surface area contributed by atoms with Gasteiger partial charge in [0.05, 0.1) is 15.9 Å². The molecular weight excluding hydrogens is 430 g/mol. The largest absolute Gasteiger partial charge is 0.450 e. The minimum absolute atomic E-state index is 0.131. The van der Waals surface area contributed by atoms with Crippen LogP contribution in [-0.2, 0) is 9.53 Å². The lowest BCUT2D eigenvalue weighted by Gasteiger charge is -2.06. The van der Waals surface area contributed by atoms with Gasteiger partial charge in [-0.25, -0.2) is 9.79 Å². The molecule has 0 saturated carbocycles. The fourth-order valence-corrected chi connectivity index (χ4v) is 3.08. The van der Waals surface area contributed by atoms with Gasteiger partial charge in [0.2, 0.25) is 11.6 Å². The van der Waals surface area contributed by atoms with Gasteiger partial charge in [0.1, 0.15) is 5.75 Å². The molecule has 0 atom stereocenters. The third kappa shape index (κ3) is 4.74. The standard InChI is InChI=1S/C23H15N3O7/c1-14-3-2-4-16(11-14)22-24-19(23(27)33-22)12-15-5-8-18(9-6-15)32-21-10-7-17(25(28)29)13-20(21)26(30)31/h2-13H,1H3/b19-12+. The molecule has 0 fully saturated rings. The highest BCUT2D eigenvalue weighted by molar-refractivity contribution is 6.12. The SMILES string of the molecule is Cc1cccc(C2=N/C(=C/c3ccc(Oc4ccc([N+](=O)[O-])cc4[N+](=O)[O-])cc3)C(=O)O2)c1. The first-order valence-corrected chi connectivity index (χ1v) is 9.60. The second kappa shape index (κ2) is 8.71. The molecule has 0 saturated heterocycles. The van der Waals surface area contributed by atoms with Crippen LogP contribution in [0.4, 0.5) is 11.4 Å². The van der Waals surface area contributed by atoms with Crippen molar-refractivity contribution in [2.24, 2.45) is 4.99 Å². The maximum absolute atomic E-state index is 12.2. The van der Waals surface area contributed by atoms with Crippen molar-refractivity contribution in [3.05, 3.63) is 109 Å². The van der Waals surface area contributed by atoms with Crippen molar-refractivity contribution < 1.29 is 24.1 Å². The van der Waals surface area contributed by atoms with Gasteiger partial charge in [-0.05, 0) is 48.9 Å². The van der Waals surface area contributed by atoms with Gasteiger partial charge >= 0.3 is 11.7 Å². The number of nitro benzene ring substituents is 2. The van der Waals surface area contributed by atoms with Crippen molar-refractivity contribution in [2.75, 3.05) is 0 Å². The van der Waals surface area contributed by atoms with Crippen LogP contribution < -0.4 is 4.74 Å². The van der Waals surface area contributed by atoms with Gasteiger partial charge in [-0.2, -0.15) is 0 Å². The molecule has 0 unspecified atom stereocenters. The zero-order valence-corrected chi connectivity index (χ0v) is 17.1. The van der Waals surface area contributed by atoms with Gasteiger partial charge in [0.15, 0.2) is 5.70 Å². The topological polar surface area (TPSA) is 134 Å². The number of carbonyl (C=O) groups is 1. The van der Waals surface area contributed by atoms with Gasteiger partial charge in [-0.15, -0.1) is 0 Å². The molecule has 1 aliphatic heterocycles. The number of benzene rings is 3. The Balaban J connectivity index is 1.55. The van der Waals surface area contributed by atoms with Crippen molar-refractivity contribution in [1.29, 1.82) is 0 Å². The third-order valence-electron chi connectivity index (χ3n) is 4.65. The van der Waals surface area contributed by atoms with Crippen LogP contribution in [0.5, 0.6) is 11.5 Å². The summed E-state index contributed by atoms with van der Waals surface area (Å²) >= 11 is 0. The van der Waals surface area contributed by atoms with E-state index in [1.54, 1.807) is 36.4 Å². The highest BCUT2D eigenvalue weighted by atomic mass is 16.6. The van der Waals surface area contributed by atoms with Crippen molar-refractivity contribution in [2.45, 2.75) is 6.92 Å². The van der Waals surface area contributed by atoms with E-state index in [1.165, 1.54) is 6.07 Å². The number of nitrogens with zero attached hydrogens (tertiary/aromatic N) is 3. The monoisotopic (exact) mass is 445 g/mol. The molecule has 0 bridgehead atoms. The fraction of sp³-hybridized carbons (Fsp3) is 0.0435. The van der Waals surface area contributed by atoms with Gasteiger partial charge < -0.3 is 9.47 Å². The fourth-order valence-electron chi connectivity index (χ4n) is 3.08. The first-order valence-electron chi connectivity index (χ1n) is 9.60. The number of nitro groups is 2. The van der Waals surface area contributed by atoms with Crippen LogP contribution in [0, 0.1) is 27.2 Å². The van der Waals surface area contributed by atoms with Crippen LogP contribution in [0.25, 0.3) is 6.08 Å². The molecule has 33 heavy (non-hydrogen) atoms. The zero-order valence-electron chi connectivity index (χ0n) is 17.1. The summed E-state index contributed by atoms with van der Waals surface area (Å²) in [5.41, 5.74) is 1.52. The van der Waals surface area contributed by atoms with E-state index in [2.05, 4.69) is 4.99 Å². The predicted octanol–water partition coefficient (Wildman–Crippen LogP) is 4.95. The quantitative estimate of drug-likeness (QED) is 0.227. The number of hydrogen-bond acceptors (Lipinski definition) is 8. The first-order chi connectivity index (χ1) is 15.8. The molecule has 0 N–H and O–H groups in total. The summed E-state index contributed by atoms with van der Waals surface area (Å²) in [5, 5.41) is 22.1. The summed E-state index contributed by atoms with van der Waals surface area (Å²) in [6.45, 7) is 1.92. The Morgan fingerprint density at radius 1 is 0.970 bits per heavy atom. The Morgan fingerprint density at radius 3 is 2.39 bits per heavy atom. The molecule has 1 aliphatic rings. The number of carbonyl (C=O) groups excluding carboxylic acids is 1. The molecule has 0 amide bonds. The van der Waals surface area contributed by atoms with E-state index in [-0.39, 0.29) is 23.1 Å². The van der Waals surface area contributed by atoms with E-state index in [9.17, 15) is 25.0 Å². The number of ether oxygens (including phenoxy) is 2. The molecule has 10 nitrogen and oxygen atoms in total. The first kappa shape index (κ1) is 21.4.